The zero-order chi connectivity index (χ0) is 13.2. The van der Waals surface area contributed by atoms with Crippen LogP contribution in [0, 0.1) is 0 Å². The molecule has 19 heavy (non-hydrogen) atoms. The molecular formula is C12H16F2IN3O. The number of methoxy groups -OCH3 is 1. The van der Waals surface area contributed by atoms with E-state index in [0.29, 0.717) is 0 Å². The highest BCUT2D eigenvalue weighted by Crippen LogP contribution is 2.39. The van der Waals surface area contributed by atoms with Crippen molar-refractivity contribution >= 4 is 35.6 Å². The first-order valence-corrected chi connectivity index (χ1v) is 5.61. The van der Waals surface area contributed by atoms with E-state index in [1.54, 1.807) is 31.4 Å². The first-order chi connectivity index (χ1) is 8.48. The molecule has 0 spiro atoms. The normalized spacial score (nSPS) is 18.2. The number of rotatable bonds is 3. The first kappa shape index (κ1) is 15.9. The second kappa shape index (κ2) is 6.36. The summed E-state index contributed by atoms with van der Waals surface area (Å²) in [4.78, 5) is 3.99. The monoisotopic (exact) mass is 383 g/mol. The number of hydrogen-bond donors (Lipinski definition) is 2. The van der Waals surface area contributed by atoms with Gasteiger partial charge in [0.25, 0.3) is 5.92 Å². The molecule has 1 aromatic rings. The summed E-state index contributed by atoms with van der Waals surface area (Å²) < 4.78 is 30.2. The Morgan fingerprint density at radius 2 is 1.95 bits per heavy atom. The largest absolute Gasteiger partial charge is 0.497 e. The molecule has 0 heterocycles. The van der Waals surface area contributed by atoms with Crippen LogP contribution in [-0.2, 0) is 0 Å². The Morgan fingerprint density at radius 1 is 1.37 bits per heavy atom. The number of nitrogens with two attached hydrogens (primary N) is 1. The predicted octanol–water partition coefficient (Wildman–Crippen LogP) is 2.84. The van der Waals surface area contributed by atoms with Gasteiger partial charge in [0.1, 0.15) is 5.75 Å². The Hall–Kier alpha value is -1.12. The van der Waals surface area contributed by atoms with Crippen LogP contribution in [0.25, 0.3) is 0 Å². The molecular weight excluding hydrogens is 367 g/mol. The van der Waals surface area contributed by atoms with Crippen molar-refractivity contribution in [3.8, 4) is 5.75 Å². The summed E-state index contributed by atoms with van der Waals surface area (Å²) in [5, 5.41) is 2.85. The Bertz CT molecular complexity index is 443. The topological polar surface area (TPSA) is 59.6 Å². The molecule has 7 heteroatoms. The third-order valence-corrected chi connectivity index (χ3v) is 2.75. The number of nitrogens with one attached hydrogen (secondary N) is 1. The number of anilines is 1. The van der Waals surface area contributed by atoms with Crippen LogP contribution in [0.3, 0.4) is 0 Å². The van der Waals surface area contributed by atoms with E-state index in [2.05, 4.69) is 10.3 Å². The molecule has 1 fully saturated rings. The molecule has 4 nitrogen and oxygen atoms in total. The van der Waals surface area contributed by atoms with Crippen molar-refractivity contribution in [1.82, 2.24) is 0 Å². The zero-order valence-corrected chi connectivity index (χ0v) is 12.7. The number of aliphatic imine (C=N–C) groups is 1. The molecule has 0 atom stereocenters. The summed E-state index contributed by atoms with van der Waals surface area (Å²) in [5.74, 6) is -1.69. The summed E-state index contributed by atoms with van der Waals surface area (Å²) in [7, 11) is 1.58. The number of benzene rings is 1. The van der Waals surface area contributed by atoms with Gasteiger partial charge in [-0.3, -0.25) is 0 Å². The summed E-state index contributed by atoms with van der Waals surface area (Å²) in [6, 6.07) is 6.71. The van der Waals surface area contributed by atoms with Gasteiger partial charge in [0.05, 0.1) is 13.2 Å². The molecule has 0 radical (unpaired) electrons. The zero-order valence-electron chi connectivity index (χ0n) is 10.4. The second-order valence-electron chi connectivity index (χ2n) is 4.29. The van der Waals surface area contributed by atoms with Gasteiger partial charge in [-0.2, -0.15) is 0 Å². The highest BCUT2D eigenvalue weighted by Gasteiger charge is 2.45. The van der Waals surface area contributed by atoms with Crippen LogP contribution in [0.2, 0.25) is 0 Å². The van der Waals surface area contributed by atoms with Gasteiger partial charge in [-0.25, -0.2) is 13.8 Å². The van der Waals surface area contributed by atoms with E-state index in [1.165, 1.54) is 0 Å². The number of halogens is 3. The number of alkyl halides is 2. The Balaban J connectivity index is 0.00000180. The average Bonchev–Trinajstić information content (AvgIpc) is 2.27. The molecule has 106 valence electrons. The average molecular weight is 383 g/mol. The third kappa shape index (κ3) is 4.48. The van der Waals surface area contributed by atoms with Gasteiger partial charge in [-0.05, 0) is 24.3 Å². The van der Waals surface area contributed by atoms with Crippen molar-refractivity contribution < 1.29 is 13.5 Å². The van der Waals surface area contributed by atoms with Gasteiger partial charge in [0, 0.05) is 18.5 Å². The standard InChI is InChI=1S/C12H15F2N3O.HI/c1-18-10-4-2-8(3-5-10)16-11(15)17-9-6-12(13,14)7-9;/h2-5,9H,6-7H2,1H3,(H3,15,16,17);1H. The van der Waals surface area contributed by atoms with Gasteiger partial charge in [0.2, 0.25) is 0 Å². The molecule has 0 saturated heterocycles. The van der Waals surface area contributed by atoms with Crippen LogP contribution in [0.15, 0.2) is 29.3 Å². The lowest BCUT2D eigenvalue weighted by Crippen LogP contribution is -2.40. The molecule has 2 rings (SSSR count). The molecule has 1 saturated carbocycles. The van der Waals surface area contributed by atoms with Crippen LogP contribution in [0.4, 0.5) is 14.5 Å². The minimum atomic E-state index is -2.57. The maximum Gasteiger partial charge on any atom is 0.252 e. The van der Waals surface area contributed by atoms with E-state index < -0.39 is 5.92 Å². The fraction of sp³-hybridized carbons (Fsp3) is 0.417. The summed E-state index contributed by atoms with van der Waals surface area (Å²) >= 11 is 0. The lowest BCUT2D eigenvalue weighted by atomic mass is 9.89. The van der Waals surface area contributed by atoms with Crippen LogP contribution >= 0.6 is 24.0 Å². The maximum absolute atomic E-state index is 12.6. The van der Waals surface area contributed by atoms with E-state index in [9.17, 15) is 8.78 Å². The number of ether oxygens (including phenoxy) is 1. The fourth-order valence-electron chi connectivity index (χ4n) is 1.77. The summed E-state index contributed by atoms with van der Waals surface area (Å²) in [6.07, 6.45) is -0.448. The molecule has 1 aromatic carbocycles. The van der Waals surface area contributed by atoms with Crippen LogP contribution in [-0.4, -0.2) is 25.0 Å². The lowest BCUT2D eigenvalue weighted by molar-refractivity contribution is -0.0834. The Labute approximate surface area is 127 Å². The van der Waals surface area contributed by atoms with Gasteiger partial charge in [0.15, 0.2) is 5.96 Å². The SMILES string of the molecule is COc1ccc(NC(N)=NC2CC(F)(F)C2)cc1.I. The van der Waals surface area contributed by atoms with Crippen molar-refractivity contribution in [2.45, 2.75) is 24.8 Å². The third-order valence-electron chi connectivity index (χ3n) is 2.75. The van der Waals surface area contributed by atoms with E-state index >= 15 is 0 Å². The van der Waals surface area contributed by atoms with Gasteiger partial charge >= 0.3 is 0 Å². The molecule has 0 unspecified atom stereocenters. The number of guanidine groups is 1. The molecule has 0 aliphatic heterocycles. The van der Waals surface area contributed by atoms with E-state index in [-0.39, 0.29) is 48.8 Å². The molecule has 0 amide bonds. The first-order valence-electron chi connectivity index (χ1n) is 5.61. The van der Waals surface area contributed by atoms with E-state index in [4.69, 9.17) is 10.5 Å². The quantitative estimate of drug-likeness (QED) is 0.480. The number of hydrogen-bond acceptors (Lipinski definition) is 2. The van der Waals surface area contributed by atoms with Crippen LogP contribution < -0.4 is 15.8 Å². The molecule has 0 aromatic heterocycles. The lowest BCUT2D eigenvalue weighted by Gasteiger charge is -2.32. The van der Waals surface area contributed by atoms with Gasteiger partial charge in [-0.1, -0.05) is 0 Å². The van der Waals surface area contributed by atoms with Crippen molar-refractivity contribution in [2.24, 2.45) is 10.7 Å². The Kier molecular flexibility index (Phi) is 5.33. The molecule has 0 bridgehead atoms. The van der Waals surface area contributed by atoms with Crippen molar-refractivity contribution in [3.63, 3.8) is 0 Å². The van der Waals surface area contributed by atoms with E-state index in [1.807, 2.05) is 0 Å². The molecule has 1 aliphatic rings. The highest BCUT2D eigenvalue weighted by molar-refractivity contribution is 14.0. The number of nitrogens with zero attached hydrogens (tertiary/aromatic N) is 1. The smallest absolute Gasteiger partial charge is 0.252 e. The van der Waals surface area contributed by atoms with Gasteiger partial charge in [-0.15, -0.1) is 24.0 Å². The summed E-state index contributed by atoms with van der Waals surface area (Å²) in [5.41, 5.74) is 6.38. The van der Waals surface area contributed by atoms with Crippen molar-refractivity contribution in [1.29, 1.82) is 0 Å². The van der Waals surface area contributed by atoms with Crippen LogP contribution in [0.5, 0.6) is 5.75 Å². The van der Waals surface area contributed by atoms with E-state index in [0.717, 1.165) is 11.4 Å². The van der Waals surface area contributed by atoms with Gasteiger partial charge < -0.3 is 15.8 Å². The minimum absolute atomic E-state index is 0. The van der Waals surface area contributed by atoms with Crippen molar-refractivity contribution in [2.75, 3.05) is 12.4 Å². The molecule has 3 N–H and O–H groups in total. The predicted molar refractivity (Wildman–Crippen MR) is 81.6 cm³/mol. The van der Waals surface area contributed by atoms with Crippen molar-refractivity contribution in [3.05, 3.63) is 24.3 Å². The molecule has 1 aliphatic carbocycles. The van der Waals surface area contributed by atoms with Crippen LogP contribution in [0.1, 0.15) is 12.8 Å². The Morgan fingerprint density at radius 3 is 2.42 bits per heavy atom. The fourth-order valence-corrected chi connectivity index (χ4v) is 1.77. The maximum atomic E-state index is 12.6. The summed E-state index contributed by atoms with van der Waals surface area (Å²) in [6.45, 7) is 0. The minimum Gasteiger partial charge on any atom is -0.497 e. The highest BCUT2D eigenvalue weighted by atomic mass is 127. The second-order valence-corrected chi connectivity index (χ2v) is 4.29.